The molecule has 3 rings (SSSR count). The minimum absolute atomic E-state index is 0.0333. The number of ether oxygens (including phenoxy) is 1. The molecule has 0 saturated heterocycles. The van der Waals surface area contributed by atoms with Crippen molar-refractivity contribution in [3.63, 3.8) is 0 Å². The number of benzene rings is 1. The summed E-state index contributed by atoms with van der Waals surface area (Å²) in [5.41, 5.74) is 0.848. The van der Waals surface area contributed by atoms with E-state index in [-0.39, 0.29) is 23.8 Å². The van der Waals surface area contributed by atoms with Gasteiger partial charge in [0.2, 0.25) is 11.8 Å². The molecule has 0 aromatic heterocycles. The van der Waals surface area contributed by atoms with E-state index in [0.717, 1.165) is 18.4 Å². The van der Waals surface area contributed by atoms with E-state index >= 15 is 0 Å². The van der Waals surface area contributed by atoms with E-state index in [4.69, 9.17) is 16.3 Å². The molecule has 5 nitrogen and oxygen atoms in total. The highest BCUT2D eigenvalue weighted by molar-refractivity contribution is 7.85. The second kappa shape index (κ2) is 7.01. The van der Waals surface area contributed by atoms with Gasteiger partial charge in [0.15, 0.2) is 0 Å². The number of amides is 1. The number of hydrogen-bond donors (Lipinski definition) is 1. The first-order chi connectivity index (χ1) is 11.0. The molecule has 1 aliphatic heterocycles. The minimum Gasteiger partial charge on any atom is -0.472 e. The van der Waals surface area contributed by atoms with E-state index in [2.05, 4.69) is 10.3 Å². The van der Waals surface area contributed by atoms with Crippen LogP contribution in [0.25, 0.3) is 0 Å². The van der Waals surface area contributed by atoms with Crippen LogP contribution >= 0.6 is 11.6 Å². The molecule has 2 aliphatic rings. The van der Waals surface area contributed by atoms with Crippen molar-refractivity contribution >= 4 is 34.2 Å². The number of aliphatic imine (C=N–C) groups is 1. The van der Waals surface area contributed by atoms with Gasteiger partial charge in [-0.3, -0.25) is 9.00 Å². The van der Waals surface area contributed by atoms with Crippen LogP contribution in [0.1, 0.15) is 25.3 Å². The van der Waals surface area contributed by atoms with Gasteiger partial charge in [0.1, 0.15) is 17.9 Å². The van der Waals surface area contributed by atoms with E-state index in [1.165, 1.54) is 0 Å². The molecule has 1 heterocycles. The summed E-state index contributed by atoms with van der Waals surface area (Å²) in [4.78, 5) is 16.2. The summed E-state index contributed by atoms with van der Waals surface area (Å²) in [6.07, 6.45) is 1.90. The SMILES string of the molecule is CC1OC(c2ccc(Cl)cc2)=NC1CS(=O)CC(=O)NC1CC1. The van der Waals surface area contributed by atoms with Gasteiger partial charge >= 0.3 is 0 Å². The van der Waals surface area contributed by atoms with Crippen LogP contribution in [0.4, 0.5) is 0 Å². The third kappa shape index (κ3) is 4.54. The molecule has 0 bridgehead atoms. The molecule has 0 radical (unpaired) electrons. The maximum Gasteiger partial charge on any atom is 0.232 e. The molecule has 1 amide bonds. The number of carbonyl (C=O) groups excluding carboxylic acids is 1. The monoisotopic (exact) mass is 354 g/mol. The van der Waals surface area contributed by atoms with Crippen molar-refractivity contribution in [1.82, 2.24) is 5.32 Å². The van der Waals surface area contributed by atoms with Gasteiger partial charge < -0.3 is 10.1 Å². The second-order valence-corrected chi connectivity index (χ2v) is 7.86. The van der Waals surface area contributed by atoms with Gasteiger partial charge in [-0.2, -0.15) is 0 Å². The van der Waals surface area contributed by atoms with Gasteiger partial charge in [0, 0.05) is 27.4 Å². The minimum atomic E-state index is -1.24. The van der Waals surface area contributed by atoms with Crippen molar-refractivity contribution in [1.29, 1.82) is 0 Å². The maximum absolute atomic E-state index is 12.2. The molecule has 23 heavy (non-hydrogen) atoms. The third-order valence-corrected chi connectivity index (χ3v) is 5.35. The quantitative estimate of drug-likeness (QED) is 0.848. The zero-order valence-electron chi connectivity index (χ0n) is 12.8. The lowest BCUT2D eigenvalue weighted by molar-refractivity contribution is -0.118. The lowest BCUT2D eigenvalue weighted by atomic mass is 10.2. The predicted molar refractivity (Wildman–Crippen MR) is 91.4 cm³/mol. The van der Waals surface area contributed by atoms with E-state index in [9.17, 15) is 9.00 Å². The van der Waals surface area contributed by atoms with E-state index in [1.54, 1.807) is 12.1 Å². The Morgan fingerprint density at radius 1 is 1.39 bits per heavy atom. The van der Waals surface area contributed by atoms with Crippen molar-refractivity contribution < 1.29 is 13.7 Å². The van der Waals surface area contributed by atoms with Crippen LogP contribution in [0.3, 0.4) is 0 Å². The summed E-state index contributed by atoms with van der Waals surface area (Å²) in [5, 5.41) is 3.50. The fraction of sp³-hybridized carbons (Fsp3) is 0.500. The number of halogens is 1. The van der Waals surface area contributed by atoms with Crippen LogP contribution in [-0.2, 0) is 20.3 Å². The van der Waals surface area contributed by atoms with Crippen LogP contribution in [-0.4, -0.2) is 45.7 Å². The Hall–Kier alpha value is -1.40. The molecule has 1 aliphatic carbocycles. The molecule has 1 N–H and O–H groups in total. The molecule has 7 heteroatoms. The Kier molecular flexibility index (Phi) is 5.02. The summed E-state index contributed by atoms with van der Waals surface area (Å²) >= 11 is 5.87. The summed E-state index contributed by atoms with van der Waals surface area (Å²) < 4.78 is 17.9. The first-order valence-corrected chi connectivity index (χ1v) is 9.52. The van der Waals surface area contributed by atoms with Gasteiger partial charge in [-0.05, 0) is 44.0 Å². The van der Waals surface area contributed by atoms with Gasteiger partial charge in [-0.1, -0.05) is 11.6 Å². The summed E-state index contributed by atoms with van der Waals surface area (Å²) in [6, 6.07) is 7.34. The van der Waals surface area contributed by atoms with Crippen LogP contribution in [0.15, 0.2) is 29.3 Å². The topological polar surface area (TPSA) is 67.8 Å². The highest BCUT2D eigenvalue weighted by Crippen LogP contribution is 2.21. The van der Waals surface area contributed by atoms with Crippen LogP contribution in [0.5, 0.6) is 0 Å². The number of nitrogens with zero attached hydrogens (tertiary/aromatic N) is 1. The first-order valence-electron chi connectivity index (χ1n) is 7.66. The maximum atomic E-state index is 12.2. The van der Waals surface area contributed by atoms with Crippen LogP contribution < -0.4 is 5.32 Å². The Labute approximate surface area is 142 Å². The molecule has 124 valence electrons. The second-order valence-electron chi connectivity index (χ2n) is 5.92. The molecular formula is C16H19ClN2O3S. The van der Waals surface area contributed by atoms with Gasteiger partial charge in [0.25, 0.3) is 0 Å². The zero-order valence-corrected chi connectivity index (χ0v) is 14.4. The number of nitrogens with one attached hydrogen (secondary N) is 1. The Bertz CT molecular complexity index is 643. The van der Waals surface area contributed by atoms with Crippen LogP contribution in [0.2, 0.25) is 5.02 Å². The number of hydrogen-bond acceptors (Lipinski definition) is 4. The highest BCUT2D eigenvalue weighted by Gasteiger charge is 2.30. The molecule has 1 saturated carbocycles. The third-order valence-electron chi connectivity index (χ3n) is 3.80. The Morgan fingerprint density at radius 2 is 2.09 bits per heavy atom. The Balaban J connectivity index is 1.57. The van der Waals surface area contributed by atoms with E-state index in [0.29, 0.717) is 22.7 Å². The molecule has 3 atom stereocenters. The molecular weight excluding hydrogens is 336 g/mol. The van der Waals surface area contributed by atoms with Crippen molar-refractivity contribution in [3.05, 3.63) is 34.9 Å². The van der Waals surface area contributed by atoms with Gasteiger partial charge in [-0.15, -0.1) is 0 Å². The number of rotatable bonds is 6. The largest absolute Gasteiger partial charge is 0.472 e. The average molecular weight is 355 g/mol. The Morgan fingerprint density at radius 3 is 2.74 bits per heavy atom. The number of carbonyl (C=O) groups is 1. The van der Waals surface area contributed by atoms with E-state index in [1.807, 2.05) is 19.1 Å². The molecule has 0 spiro atoms. The predicted octanol–water partition coefficient (Wildman–Crippen LogP) is 1.90. The normalized spacial score (nSPS) is 24.7. The lowest BCUT2D eigenvalue weighted by Gasteiger charge is -2.12. The van der Waals surface area contributed by atoms with Crippen LogP contribution in [0, 0.1) is 0 Å². The standard InChI is InChI=1S/C16H19ClN2O3S/c1-10-14(8-23(21)9-15(20)18-13-6-7-13)19-16(22-10)11-2-4-12(17)5-3-11/h2-5,10,13-14H,6-9H2,1H3,(H,18,20). The molecule has 3 unspecified atom stereocenters. The summed E-state index contributed by atoms with van der Waals surface area (Å²) in [6.45, 7) is 1.90. The summed E-state index contributed by atoms with van der Waals surface area (Å²) in [7, 11) is -1.24. The fourth-order valence-electron chi connectivity index (χ4n) is 2.34. The van der Waals surface area contributed by atoms with Crippen molar-refractivity contribution in [2.45, 2.75) is 38.0 Å². The van der Waals surface area contributed by atoms with Gasteiger partial charge in [-0.25, -0.2) is 4.99 Å². The highest BCUT2D eigenvalue weighted by atomic mass is 35.5. The fourth-order valence-corrected chi connectivity index (χ4v) is 3.69. The lowest BCUT2D eigenvalue weighted by Crippen LogP contribution is -2.33. The van der Waals surface area contributed by atoms with Crippen molar-refractivity contribution in [2.24, 2.45) is 4.99 Å². The van der Waals surface area contributed by atoms with Crippen molar-refractivity contribution in [2.75, 3.05) is 11.5 Å². The molecule has 1 aromatic rings. The van der Waals surface area contributed by atoms with Gasteiger partial charge in [0.05, 0.1) is 5.75 Å². The summed E-state index contributed by atoms with van der Waals surface area (Å²) in [5.74, 6) is 0.764. The average Bonchev–Trinajstić information content (AvgIpc) is 3.23. The smallest absolute Gasteiger partial charge is 0.232 e. The van der Waals surface area contributed by atoms with Crippen molar-refractivity contribution in [3.8, 4) is 0 Å². The van der Waals surface area contributed by atoms with E-state index < -0.39 is 10.8 Å². The first kappa shape index (κ1) is 16.5. The molecule has 1 aromatic carbocycles. The molecule has 1 fully saturated rings. The zero-order chi connectivity index (χ0) is 16.4.